The van der Waals surface area contributed by atoms with Crippen LogP contribution in [-0.2, 0) is 4.74 Å². The molecule has 2 aromatic heterocycles. The molecule has 0 aliphatic heterocycles. The van der Waals surface area contributed by atoms with Gasteiger partial charge in [0.2, 0.25) is 0 Å². The minimum Gasteiger partial charge on any atom is -0.465 e. The zero-order valence-corrected chi connectivity index (χ0v) is 14.0. The fourth-order valence-electron chi connectivity index (χ4n) is 2.33. The normalized spacial score (nSPS) is 10.7. The number of methoxy groups -OCH3 is 1. The first-order valence-electron chi connectivity index (χ1n) is 7.78. The molecule has 3 aromatic rings. The third-order valence-electron chi connectivity index (χ3n) is 3.63. The Morgan fingerprint density at radius 1 is 1.12 bits per heavy atom. The Bertz CT molecular complexity index is 931. The number of rotatable bonds is 5. The molecule has 0 atom stereocenters. The van der Waals surface area contributed by atoms with Gasteiger partial charge in [-0.1, -0.05) is 0 Å². The van der Waals surface area contributed by atoms with Gasteiger partial charge in [0.1, 0.15) is 0 Å². The van der Waals surface area contributed by atoms with Crippen LogP contribution in [-0.4, -0.2) is 34.8 Å². The van der Waals surface area contributed by atoms with Crippen LogP contribution in [0.25, 0.3) is 5.69 Å². The smallest absolute Gasteiger partial charge is 0.337 e. The highest BCUT2D eigenvalue weighted by molar-refractivity contribution is 5.94. The number of hydrogen-bond acceptors (Lipinski definition) is 5. The molecule has 0 unspecified atom stereocenters. The summed E-state index contributed by atoms with van der Waals surface area (Å²) < 4.78 is 6.57. The minimum atomic E-state index is -0.385. The minimum absolute atomic E-state index is 0.338. The van der Waals surface area contributed by atoms with E-state index in [1.807, 2.05) is 22.9 Å². The zero-order chi connectivity index (χ0) is 18.4. The maximum atomic E-state index is 11.9. The number of nitrogens with zero attached hydrogens (tertiary/aromatic N) is 3. The van der Waals surface area contributed by atoms with E-state index in [0.717, 1.165) is 11.4 Å². The number of pyridine rings is 1. The molecule has 0 aliphatic rings. The second kappa shape index (κ2) is 7.89. The number of carbonyl (C=O) groups is 2. The molecule has 7 heteroatoms. The van der Waals surface area contributed by atoms with Crippen LogP contribution in [0, 0.1) is 0 Å². The van der Waals surface area contributed by atoms with E-state index in [2.05, 4.69) is 15.5 Å². The number of ether oxygens (including phenoxy) is 1. The number of aromatic nitrogens is 2. The van der Waals surface area contributed by atoms with Crippen molar-refractivity contribution in [3.63, 3.8) is 0 Å². The fraction of sp³-hybridized carbons (Fsp3) is 0.0526. The molecule has 0 bridgehead atoms. The molecule has 26 heavy (non-hydrogen) atoms. The highest BCUT2D eigenvalue weighted by atomic mass is 16.5. The van der Waals surface area contributed by atoms with E-state index in [1.54, 1.807) is 48.8 Å². The van der Waals surface area contributed by atoms with E-state index < -0.39 is 0 Å². The topological polar surface area (TPSA) is 85.6 Å². The van der Waals surface area contributed by atoms with Crippen LogP contribution in [0.4, 0.5) is 0 Å². The zero-order valence-electron chi connectivity index (χ0n) is 14.0. The summed E-state index contributed by atoms with van der Waals surface area (Å²) in [6.07, 6.45) is 6.47. The number of amides is 1. The summed E-state index contributed by atoms with van der Waals surface area (Å²) in [5, 5.41) is 3.99. The molecular formula is C19H16N4O3. The van der Waals surface area contributed by atoms with Crippen LogP contribution < -0.4 is 5.43 Å². The fourth-order valence-corrected chi connectivity index (χ4v) is 2.33. The average Bonchev–Trinajstić information content (AvgIpc) is 3.16. The summed E-state index contributed by atoms with van der Waals surface area (Å²) in [5.41, 5.74) is 4.98. The van der Waals surface area contributed by atoms with Gasteiger partial charge in [-0.2, -0.15) is 5.10 Å². The quantitative estimate of drug-likeness (QED) is 0.436. The van der Waals surface area contributed by atoms with E-state index in [1.165, 1.54) is 13.3 Å². The first kappa shape index (κ1) is 17.1. The molecular weight excluding hydrogens is 332 g/mol. The van der Waals surface area contributed by atoms with E-state index in [0.29, 0.717) is 11.1 Å². The van der Waals surface area contributed by atoms with Gasteiger partial charge in [0.05, 0.1) is 30.1 Å². The van der Waals surface area contributed by atoms with Gasteiger partial charge in [-0.3, -0.25) is 9.78 Å². The van der Waals surface area contributed by atoms with Crippen molar-refractivity contribution in [2.45, 2.75) is 0 Å². The predicted octanol–water partition coefficient (Wildman–Crippen LogP) is 2.42. The molecule has 0 aliphatic carbocycles. The van der Waals surface area contributed by atoms with E-state index in [-0.39, 0.29) is 11.9 Å². The largest absolute Gasteiger partial charge is 0.465 e. The lowest BCUT2D eigenvalue weighted by molar-refractivity contribution is 0.0600. The van der Waals surface area contributed by atoms with Crippen LogP contribution >= 0.6 is 0 Å². The maximum absolute atomic E-state index is 11.9. The molecule has 3 rings (SSSR count). The Labute approximate surface area is 149 Å². The lowest BCUT2D eigenvalue weighted by atomic mass is 10.2. The first-order chi connectivity index (χ1) is 12.7. The van der Waals surface area contributed by atoms with Crippen molar-refractivity contribution in [1.82, 2.24) is 15.0 Å². The Morgan fingerprint density at radius 2 is 1.92 bits per heavy atom. The molecule has 1 N–H and O–H groups in total. The van der Waals surface area contributed by atoms with Gasteiger partial charge in [0, 0.05) is 24.3 Å². The molecule has 0 radical (unpaired) electrons. The summed E-state index contributed by atoms with van der Waals surface area (Å²) in [7, 11) is 1.34. The Morgan fingerprint density at radius 3 is 2.62 bits per heavy atom. The summed E-state index contributed by atoms with van der Waals surface area (Å²) in [6.45, 7) is 0. The van der Waals surface area contributed by atoms with Crippen LogP contribution in [0.15, 0.2) is 72.2 Å². The average molecular weight is 348 g/mol. The highest BCUT2D eigenvalue weighted by Crippen LogP contribution is 2.13. The number of esters is 1. The third kappa shape index (κ3) is 3.84. The van der Waals surface area contributed by atoms with Crippen LogP contribution in [0.5, 0.6) is 0 Å². The summed E-state index contributed by atoms with van der Waals surface area (Å²) in [5.74, 6) is -0.723. The summed E-state index contributed by atoms with van der Waals surface area (Å²) >= 11 is 0. The van der Waals surface area contributed by atoms with E-state index in [4.69, 9.17) is 4.74 Å². The standard InChI is InChI=1S/C19H16N4O3/c1-26-19(25)14-6-8-16(9-7-14)23-11-3-5-17(23)13-21-22-18(24)15-4-2-10-20-12-15/h2-13H,1H3,(H,22,24)/b21-13-. The predicted molar refractivity (Wildman–Crippen MR) is 96.4 cm³/mol. The number of carbonyl (C=O) groups excluding carboxylic acids is 2. The Balaban J connectivity index is 1.72. The molecule has 0 fully saturated rings. The van der Waals surface area contributed by atoms with E-state index in [9.17, 15) is 9.59 Å². The molecule has 2 heterocycles. The highest BCUT2D eigenvalue weighted by Gasteiger charge is 2.07. The second-order valence-electron chi connectivity index (χ2n) is 5.28. The molecule has 1 amide bonds. The Hall–Kier alpha value is -3.74. The number of nitrogens with one attached hydrogen (secondary N) is 1. The van der Waals surface area contributed by atoms with Crippen molar-refractivity contribution in [1.29, 1.82) is 0 Å². The van der Waals surface area contributed by atoms with Gasteiger partial charge in [-0.25, -0.2) is 10.2 Å². The van der Waals surface area contributed by atoms with Gasteiger partial charge in [0.25, 0.3) is 5.91 Å². The Kier molecular flexibility index (Phi) is 5.19. The van der Waals surface area contributed by atoms with Gasteiger partial charge >= 0.3 is 5.97 Å². The second-order valence-corrected chi connectivity index (χ2v) is 5.28. The lowest BCUT2D eigenvalue weighted by Crippen LogP contribution is -2.17. The molecule has 0 saturated heterocycles. The van der Waals surface area contributed by atoms with Crippen molar-refractivity contribution >= 4 is 18.1 Å². The van der Waals surface area contributed by atoms with Crippen molar-refractivity contribution < 1.29 is 14.3 Å². The van der Waals surface area contributed by atoms with Gasteiger partial charge < -0.3 is 9.30 Å². The monoisotopic (exact) mass is 348 g/mol. The summed E-state index contributed by atoms with van der Waals surface area (Å²) in [6, 6.07) is 14.0. The number of hydrogen-bond donors (Lipinski definition) is 1. The molecule has 1 aromatic carbocycles. The van der Waals surface area contributed by atoms with E-state index >= 15 is 0 Å². The van der Waals surface area contributed by atoms with Crippen molar-refractivity contribution in [2.24, 2.45) is 5.10 Å². The SMILES string of the molecule is COC(=O)c1ccc(-n2cccc2/C=N\NC(=O)c2cccnc2)cc1. The summed E-state index contributed by atoms with van der Waals surface area (Å²) in [4.78, 5) is 27.3. The van der Waals surface area contributed by atoms with Gasteiger partial charge in [0.15, 0.2) is 0 Å². The molecule has 0 saturated carbocycles. The van der Waals surface area contributed by atoms with Crippen molar-refractivity contribution in [3.8, 4) is 5.69 Å². The molecule has 130 valence electrons. The lowest BCUT2D eigenvalue weighted by Gasteiger charge is -2.07. The molecule has 0 spiro atoms. The third-order valence-corrected chi connectivity index (χ3v) is 3.63. The number of hydrazone groups is 1. The van der Waals surface area contributed by atoms with Crippen molar-refractivity contribution in [3.05, 3.63) is 83.9 Å². The van der Waals surface area contributed by atoms with Gasteiger partial charge in [-0.05, 0) is 48.5 Å². The maximum Gasteiger partial charge on any atom is 0.337 e. The van der Waals surface area contributed by atoms with Crippen LogP contribution in [0.3, 0.4) is 0 Å². The van der Waals surface area contributed by atoms with Crippen LogP contribution in [0.2, 0.25) is 0 Å². The number of benzene rings is 1. The van der Waals surface area contributed by atoms with Crippen molar-refractivity contribution in [2.75, 3.05) is 7.11 Å². The first-order valence-corrected chi connectivity index (χ1v) is 7.78. The van der Waals surface area contributed by atoms with Crippen LogP contribution in [0.1, 0.15) is 26.4 Å². The molecule has 7 nitrogen and oxygen atoms in total. The van der Waals surface area contributed by atoms with Gasteiger partial charge in [-0.15, -0.1) is 0 Å².